The van der Waals surface area contributed by atoms with Gasteiger partial charge < -0.3 is 5.73 Å². The smallest absolute Gasteiger partial charge is 0.0716 e. The van der Waals surface area contributed by atoms with Gasteiger partial charge >= 0.3 is 0 Å². The first-order chi connectivity index (χ1) is 6.72. The molecule has 0 saturated carbocycles. The van der Waals surface area contributed by atoms with Crippen LogP contribution >= 0.6 is 33.9 Å². The van der Waals surface area contributed by atoms with Gasteiger partial charge in [-0.3, -0.25) is 0 Å². The number of nitriles is 1. The van der Waals surface area contributed by atoms with Gasteiger partial charge in [-0.05, 0) is 40.8 Å². The van der Waals surface area contributed by atoms with Crippen molar-refractivity contribution in [2.24, 2.45) is 0 Å². The van der Waals surface area contributed by atoms with Crippen molar-refractivity contribution in [1.29, 1.82) is 5.26 Å². The number of thiophene rings is 1. The molecule has 1 aromatic carbocycles. The van der Waals surface area contributed by atoms with Crippen molar-refractivity contribution in [1.82, 2.24) is 0 Å². The zero-order chi connectivity index (χ0) is 10.1. The number of anilines is 1. The predicted octanol–water partition coefficient (Wildman–Crippen LogP) is 3.15. The Morgan fingerprint density at radius 2 is 2.29 bits per heavy atom. The Morgan fingerprint density at radius 3 is 3.00 bits per heavy atom. The number of halogens is 1. The molecule has 1 heterocycles. The highest BCUT2D eigenvalue weighted by Gasteiger charge is 2.08. The molecule has 1 aromatic heterocycles. The monoisotopic (exact) mass is 314 g/mol. The lowest BCUT2D eigenvalue weighted by Crippen LogP contribution is -1.87. The molecule has 0 aliphatic rings. The molecule has 14 heavy (non-hydrogen) atoms. The summed E-state index contributed by atoms with van der Waals surface area (Å²) in [7, 11) is 0. The van der Waals surface area contributed by atoms with E-state index in [1.54, 1.807) is 11.3 Å². The molecule has 0 aliphatic heterocycles. The van der Waals surface area contributed by atoms with Crippen molar-refractivity contribution >= 4 is 49.7 Å². The molecule has 0 amide bonds. The third-order valence-corrected chi connectivity index (χ3v) is 3.86. The van der Waals surface area contributed by atoms with Crippen LogP contribution in [0.3, 0.4) is 0 Å². The third kappa shape index (κ3) is 1.57. The minimum Gasteiger partial charge on any atom is -0.397 e. The molecular formula is C10H7IN2S. The largest absolute Gasteiger partial charge is 0.397 e. The SMILES string of the molecule is N#CCc1sc2ccc(I)cc2c1N. The Morgan fingerprint density at radius 1 is 1.50 bits per heavy atom. The molecule has 70 valence electrons. The highest BCUT2D eigenvalue weighted by Crippen LogP contribution is 2.34. The minimum atomic E-state index is 0.405. The highest BCUT2D eigenvalue weighted by molar-refractivity contribution is 14.1. The van der Waals surface area contributed by atoms with Crippen LogP contribution < -0.4 is 5.73 Å². The molecule has 0 aliphatic carbocycles. The van der Waals surface area contributed by atoms with E-state index in [0.29, 0.717) is 6.42 Å². The van der Waals surface area contributed by atoms with Gasteiger partial charge in [0.05, 0.1) is 18.2 Å². The summed E-state index contributed by atoms with van der Waals surface area (Å²) in [6.07, 6.45) is 0.405. The van der Waals surface area contributed by atoms with Crippen LogP contribution in [-0.2, 0) is 6.42 Å². The van der Waals surface area contributed by atoms with E-state index in [1.165, 1.54) is 3.57 Å². The molecule has 0 spiro atoms. The lowest BCUT2D eigenvalue weighted by atomic mass is 10.2. The second kappa shape index (κ2) is 3.75. The first-order valence-electron chi connectivity index (χ1n) is 4.05. The van der Waals surface area contributed by atoms with Crippen LogP contribution in [0.15, 0.2) is 18.2 Å². The molecule has 0 saturated heterocycles. The van der Waals surface area contributed by atoms with Crippen LogP contribution in [0.4, 0.5) is 5.69 Å². The van der Waals surface area contributed by atoms with E-state index in [1.807, 2.05) is 0 Å². The normalized spacial score (nSPS) is 10.3. The number of fused-ring (bicyclic) bond motifs is 1. The Hall–Kier alpha value is -0.800. The zero-order valence-electron chi connectivity index (χ0n) is 7.25. The number of benzene rings is 1. The number of nitrogens with two attached hydrogens (primary N) is 1. The van der Waals surface area contributed by atoms with Crippen LogP contribution in [0, 0.1) is 14.9 Å². The summed E-state index contributed by atoms with van der Waals surface area (Å²) in [6, 6.07) is 8.29. The zero-order valence-corrected chi connectivity index (χ0v) is 10.2. The Balaban J connectivity index is 2.69. The van der Waals surface area contributed by atoms with Crippen molar-refractivity contribution in [3.8, 4) is 6.07 Å². The number of nitrogen functional groups attached to an aromatic ring is 1. The fourth-order valence-electron chi connectivity index (χ4n) is 1.34. The molecule has 2 N–H and O–H groups in total. The van der Waals surface area contributed by atoms with Crippen LogP contribution in [0.25, 0.3) is 10.1 Å². The third-order valence-electron chi connectivity index (χ3n) is 2.00. The molecule has 0 atom stereocenters. The molecule has 2 aromatic rings. The van der Waals surface area contributed by atoms with Crippen LogP contribution in [-0.4, -0.2) is 0 Å². The Bertz CT molecular complexity index is 525. The van der Waals surface area contributed by atoms with Crippen LogP contribution in [0.1, 0.15) is 4.88 Å². The summed E-state index contributed by atoms with van der Waals surface area (Å²) in [5.74, 6) is 0. The molecule has 0 radical (unpaired) electrons. The van der Waals surface area contributed by atoms with E-state index in [-0.39, 0.29) is 0 Å². The summed E-state index contributed by atoms with van der Waals surface area (Å²) < 4.78 is 2.33. The van der Waals surface area contributed by atoms with Crippen molar-refractivity contribution in [2.45, 2.75) is 6.42 Å². The van der Waals surface area contributed by atoms with E-state index in [0.717, 1.165) is 20.7 Å². The van der Waals surface area contributed by atoms with Gasteiger partial charge in [-0.15, -0.1) is 11.3 Å². The maximum absolute atomic E-state index is 8.62. The van der Waals surface area contributed by atoms with Crippen molar-refractivity contribution in [3.63, 3.8) is 0 Å². The topological polar surface area (TPSA) is 49.8 Å². The van der Waals surface area contributed by atoms with E-state index in [2.05, 4.69) is 46.9 Å². The summed E-state index contributed by atoms with van der Waals surface area (Å²) in [5.41, 5.74) is 6.72. The van der Waals surface area contributed by atoms with Crippen molar-refractivity contribution in [3.05, 3.63) is 26.6 Å². The van der Waals surface area contributed by atoms with Gasteiger partial charge in [0.2, 0.25) is 0 Å². The lowest BCUT2D eigenvalue weighted by molar-refractivity contribution is 1.32. The predicted molar refractivity (Wildman–Crippen MR) is 68.3 cm³/mol. The van der Waals surface area contributed by atoms with E-state index in [9.17, 15) is 0 Å². The van der Waals surface area contributed by atoms with Gasteiger partial charge in [0.15, 0.2) is 0 Å². The number of hydrogen-bond donors (Lipinski definition) is 1. The van der Waals surface area contributed by atoms with Gasteiger partial charge in [-0.1, -0.05) is 0 Å². The molecule has 0 fully saturated rings. The number of rotatable bonds is 1. The summed E-state index contributed by atoms with van der Waals surface area (Å²) in [4.78, 5) is 0.976. The molecular weight excluding hydrogens is 307 g/mol. The Kier molecular flexibility index (Phi) is 2.61. The summed E-state index contributed by atoms with van der Waals surface area (Å²) in [5, 5.41) is 9.70. The average Bonchev–Trinajstić information content (AvgIpc) is 2.46. The molecule has 4 heteroatoms. The Labute approximate surface area is 99.5 Å². The number of hydrogen-bond acceptors (Lipinski definition) is 3. The minimum absolute atomic E-state index is 0.405. The van der Waals surface area contributed by atoms with Crippen LogP contribution in [0.5, 0.6) is 0 Å². The first-order valence-corrected chi connectivity index (χ1v) is 5.95. The van der Waals surface area contributed by atoms with Crippen LogP contribution in [0.2, 0.25) is 0 Å². The van der Waals surface area contributed by atoms with Gasteiger partial charge in [0, 0.05) is 18.5 Å². The quantitative estimate of drug-likeness (QED) is 0.822. The molecule has 0 unspecified atom stereocenters. The number of nitrogens with zero attached hydrogens (tertiary/aromatic N) is 1. The highest BCUT2D eigenvalue weighted by atomic mass is 127. The van der Waals surface area contributed by atoms with E-state index in [4.69, 9.17) is 11.0 Å². The maximum atomic E-state index is 8.62. The second-order valence-electron chi connectivity index (χ2n) is 2.91. The fourth-order valence-corrected chi connectivity index (χ4v) is 2.87. The van der Waals surface area contributed by atoms with Gasteiger partial charge in [0.25, 0.3) is 0 Å². The average molecular weight is 314 g/mol. The summed E-state index contributed by atoms with van der Waals surface area (Å²) in [6.45, 7) is 0. The van der Waals surface area contributed by atoms with Gasteiger partial charge in [-0.2, -0.15) is 5.26 Å². The van der Waals surface area contributed by atoms with Gasteiger partial charge in [-0.25, -0.2) is 0 Å². The van der Waals surface area contributed by atoms with Crippen molar-refractivity contribution < 1.29 is 0 Å². The molecule has 2 rings (SSSR count). The second-order valence-corrected chi connectivity index (χ2v) is 5.30. The van der Waals surface area contributed by atoms with Crippen molar-refractivity contribution in [2.75, 3.05) is 5.73 Å². The van der Waals surface area contributed by atoms with E-state index >= 15 is 0 Å². The van der Waals surface area contributed by atoms with Gasteiger partial charge in [0.1, 0.15) is 0 Å². The maximum Gasteiger partial charge on any atom is 0.0716 e. The first kappa shape index (κ1) is 9.74. The standard InChI is InChI=1S/C10H7IN2S/c11-6-1-2-8-7(5-6)10(13)9(14-8)3-4-12/h1-2,5H,3,13H2. The lowest BCUT2D eigenvalue weighted by Gasteiger charge is -1.93. The van der Waals surface area contributed by atoms with E-state index < -0.39 is 0 Å². The molecule has 2 nitrogen and oxygen atoms in total. The molecule has 0 bridgehead atoms. The summed E-state index contributed by atoms with van der Waals surface area (Å²) >= 11 is 3.87. The fraction of sp³-hybridized carbons (Fsp3) is 0.100.